The van der Waals surface area contributed by atoms with E-state index in [4.69, 9.17) is 0 Å². The van der Waals surface area contributed by atoms with Crippen molar-refractivity contribution in [3.8, 4) is 0 Å². The van der Waals surface area contributed by atoms with Crippen molar-refractivity contribution < 1.29 is 4.92 Å². The predicted molar refractivity (Wildman–Crippen MR) is 88.7 cm³/mol. The molecule has 1 aliphatic rings. The van der Waals surface area contributed by atoms with E-state index in [1.165, 1.54) is 0 Å². The first-order valence-electron chi connectivity index (χ1n) is 8.14. The average molecular weight is 331 g/mol. The van der Waals surface area contributed by atoms with Crippen LogP contribution in [-0.2, 0) is 13.1 Å². The fourth-order valence-corrected chi connectivity index (χ4v) is 2.87. The Morgan fingerprint density at radius 1 is 1.17 bits per heavy atom. The molecule has 0 amide bonds. The van der Waals surface area contributed by atoms with Gasteiger partial charge < -0.3 is 4.90 Å². The number of anilines is 1. The lowest BCUT2D eigenvalue weighted by molar-refractivity contribution is -0.384. The zero-order valence-electron chi connectivity index (χ0n) is 13.7. The third-order valence-corrected chi connectivity index (χ3v) is 4.20. The summed E-state index contributed by atoms with van der Waals surface area (Å²) in [6.45, 7) is 7.28. The van der Waals surface area contributed by atoms with Gasteiger partial charge >= 0.3 is 0 Å². The van der Waals surface area contributed by atoms with Gasteiger partial charge in [-0.25, -0.2) is 4.68 Å². The Hall–Kier alpha value is -2.55. The molecule has 0 atom stereocenters. The van der Waals surface area contributed by atoms with Crippen LogP contribution in [-0.4, -0.2) is 56.2 Å². The molecule has 24 heavy (non-hydrogen) atoms. The quantitative estimate of drug-likeness (QED) is 0.582. The highest BCUT2D eigenvalue weighted by molar-refractivity contribution is 5.51. The lowest BCUT2D eigenvalue weighted by Crippen LogP contribution is -2.46. The number of piperazine rings is 1. The molecule has 1 aromatic carbocycles. The Labute approximate surface area is 140 Å². The highest BCUT2D eigenvalue weighted by Crippen LogP contribution is 2.21. The highest BCUT2D eigenvalue weighted by Gasteiger charge is 2.20. The van der Waals surface area contributed by atoms with Crippen LogP contribution in [0, 0.1) is 10.1 Å². The van der Waals surface area contributed by atoms with Gasteiger partial charge in [0.05, 0.1) is 11.5 Å². The summed E-state index contributed by atoms with van der Waals surface area (Å²) in [6, 6.07) is 6.74. The average Bonchev–Trinajstić information content (AvgIpc) is 3.03. The Bertz CT molecular complexity index is 677. The second-order valence-corrected chi connectivity index (χ2v) is 5.85. The van der Waals surface area contributed by atoms with E-state index in [9.17, 15) is 10.1 Å². The molecule has 128 valence electrons. The van der Waals surface area contributed by atoms with Crippen LogP contribution in [0.3, 0.4) is 0 Å². The zero-order chi connectivity index (χ0) is 16.9. The molecule has 1 fully saturated rings. The Morgan fingerprint density at radius 3 is 2.50 bits per heavy atom. The third kappa shape index (κ3) is 3.67. The maximum Gasteiger partial charge on any atom is 0.269 e. The van der Waals surface area contributed by atoms with Gasteiger partial charge in [-0.3, -0.25) is 15.0 Å². The van der Waals surface area contributed by atoms with Crippen molar-refractivity contribution in [1.82, 2.24) is 25.1 Å². The summed E-state index contributed by atoms with van der Waals surface area (Å²) in [5.74, 6) is 0.903. The first-order valence-corrected chi connectivity index (χ1v) is 8.14. The van der Waals surface area contributed by atoms with Crippen LogP contribution in [0.4, 0.5) is 11.4 Å². The summed E-state index contributed by atoms with van der Waals surface area (Å²) in [7, 11) is 0. The van der Waals surface area contributed by atoms with Crippen molar-refractivity contribution in [2.45, 2.75) is 26.4 Å². The first-order chi connectivity index (χ1) is 11.7. The molecule has 0 spiro atoms. The lowest BCUT2D eigenvalue weighted by Gasteiger charge is -2.35. The van der Waals surface area contributed by atoms with E-state index in [1.54, 1.807) is 12.1 Å². The van der Waals surface area contributed by atoms with Crippen LogP contribution >= 0.6 is 0 Å². The Balaban J connectivity index is 1.55. The number of non-ortho nitro benzene ring substituents is 1. The maximum absolute atomic E-state index is 10.7. The second kappa shape index (κ2) is 7.35. The molecule has 2 aromatic rings. The van der Waals surface area contributed by atoms with E-state index in [0.29, 0.717) is 0 Å². The minimum atomic E-state index is -0.373. The number of aryl methyl sites for hydroxylation is 1. The summed E-state index contributed by atoms with van der Waals surface area (Å²) in [5, 5.41) is 22.6. The molecule has 0 saturated carbocycles. The van der Waals surface area contributed by atoms with Gasteiger partial charge in [0, 0.05) is 50.5 Å². The Morgan fingerprint density at radius 2 is 1.88 bits per heavy atom. The van der Waals surface area contributed by atoms with Crippen molar-refractivity contribution in [3.63, 3.8) is 0 Å². The summed E-state index contributed by atoms with van der Waals surface area (Å²) in [6.07, 6.45) is 1.01. The lowest BCUT2D eigenvalue weighted by atomic mass is 10.2. The van der Waals surface area contributed by atoms with Gasteiger partial charge in [0.1, 0.15) is 0 Å². The van der Waals surface area contributed by atoms with Crippen LogP contribution in [0.15, 0.2) is 24.3 Å². The number of rotatable bonds is 6. The van der Waals surface area contributed by atoms with Crippen LogP contribution in [0.1, 0.15) is 19.2 Å². The zero-order valence-corrected chi connectivity index (χ0v) is 13.7. The van der Waals surface area contributed by atoms with Crippen LogP contribution in [0.5, 0.6) is 0 Å². The summed E-state index contributed by atoms with van der Waals surface area (Å²) >= 11 is 0. The molecule has 2 heterocycles. The molecule has 1 saturated heterocycles. The predicted octanol–water partition coefficient (Wildman–Crippen LogP) is 1.31. The van der Waals surface area contributed by atoms with Crippen LogP contribution in [0.2, 0.25) is 0 Å². The van der Waals surface area contributed by atoms with Crippen LogP contribution in [0.25, 0.3) is 0 Å². The van der Waals surface area contributed by atoms with Gasteiger partial charge in [0.2, 0.25) is 0 Å². The number of hydrogen-bond acceptors (Lipinski definition) is 7. The van der Waals surface area contributed by atoms with Gasteiger partial charge in [-0.05, 0) is 29.0 Å². The van der Waals surface area contributed by atoms with Crippen molar-refractivity contribution in [1.29, 1.82) is 0 Å². The van der Waals surface area contributed by atoms with E-state index in [0.717, 1.165) is 57.2 Å². The highest BCUT2D eigenvalue weighted by atomic mass is 16.6. The molecule has 9 nitrogen and oxygen atoms in total. The molecule has 9 heteroatoms. The van der Waals surface area contributed by atoms with E-state index < -0.39 is 0 Å². The number of benzene rings is 1. The van der Waals surface area contributed by atoms with Crippen molar-refractivity contribution >= 4 is 11.4 Å². The topological polar surface area (TPSA) is 93.2 Å². The van der Waals surface area contributed by atoms with Crippen LogP contribution < -0.4 is 4.90 Å². The maximum atomic E-state index is 10.7. The van der Waals surface area contributed by atoms with E-state index in [-0.39, 0.29) is 10.6 Å². The molecule has 0 unspecified atom stereocenters. The fourth-order valence-electron chi connectivity index (χ4n) is 2.87. The number of tetrazole rings is 1. The molecule has 0 aliphatic carbocycles. The standard InChI is InChI=1S/C15H21N7O2/c1-2-7-21-15(16-17-18-21)12-19-8-10-20(11-9-19)13-3-5-14(6-4-13)22(23)24/h3-6H,2,7-12H2,1H3. The first kappa shape index (κ1) is 16.3. The number of hydrogen-bond donors (Lipinski definition) is 0. The minimum absolute atomic E-state index is 0.125. The number of nitro benzene ring substituents is 1. The Kier molecular flexibility index (Phi) is 4.99. The molecule has 0 N–H and O–H groups in total. The molecule has 1 aromatic heterocycles. The number of aromatic nitrogens is 4. The second-order valence-electron chi connectivity index (χ2n) is 5.85. The molecular formula is C15H21N7O2. The van der Waals surface area contributed by atoms with Crippen molar-refractivity contribution in [2.24, 2.45) is 0 Å². The molecule has 1 aliphatic heterocycles. The van der Waals surface area contributed by atoms with Crippen molar-refractivity contribution in [2.75, 3.05) is 31.1 Å². The summed E-state index contributed by atoms with van der Waals surface area (Å²) < 4.78 is 1.86. The molecule has 3 rings (SSSR count). The molecule has 0 bridgehead atoms. The third-order valence-electron chi connectivity index (χ3n) is 4.20. The minimum Gasteiger partial charge on any atom is -0.369 e. The number of nitro groups is 1. The molecular weight excluding hydrogens is 310 g/mol. The van der Waals surface area contributed by atoms with E-state index in [1.807, 2.05) is 16.8 Å². The monoisotopic (exact) mass is 331 g/mol. The van der Waals surface area contributed by atoms with E-state index >= 15 is 0 Å². The van der Waals surface area contributed by atoms with E-state index in [2.05, 4.69) is 32.2 Å². The van der Waals surface area contributed by atoms with Gasteiger partial charge in [-0.1, -0.05) is 6.92 Å². The normalized spacial score (nSPS) is 15.6. The van der Waals surface area contributed by atoms with Gasteiger partial charge in [0.15, 0.2) is 5.82 Å². The van der Waals surface area contributed by atoms with Gasteiger partial charge in [0.25, 0.3) is 5.69 Å². The number of nitrogens with zero attached hydrogens (tertiary/aromatic N) is 7. The van der Waals surface area contributed by atoms with Gasteiger partial charge in [-0.15, -0.1) is 5.10 Å². The summed E-state index contributed by atoms with van der Waals surface area (Å²) in [4.78, 5) is 14.9. The van der Waals surface area contributed by atoms with Gasteiger partial charge in [-0.2, -0.15) is 0 Å². The fraction of sp³-hybridized carbons (Fsp3) is 0.533. The summed E-state index contributed by atoms with van der Waals surface area (Å²) in [5.41, 5.74) is 1.15. The molecule has 0 radical (unpaired) electrons. The smallest absolute Gasteiger partial charge is 0.269 e. The SMILES string of the molecule is CCCn1nnnc1CN1CCN(c2ccc([N+](=O)[O-])cc2)CC1. The van der Waals surface area contributed by atoms with Crippen molar-refractivity contribution in [3.05, 3.63) is 40.2 Å². The largest absolute Gasteiger partial charge is 0.369 e.